The topological polar surface area (TPSA) is 71.7 Å². The van der Waals surface area contributed by atoms with Gasteiger partial charge in [0.15, 0.2) is 0 Å². The predicted octanol–water partition coefficient (Wildman–Crippen LogP) is 1.48. The number of pyridine rings is 1. The number of carbonyl (C=O) groups is 1. The Morgan fingerprint density at radius 3 is 2.62 bits per heavy atom. The van der Waals surface area contributed by atoms with Gasteiger partial charge in [0.25, 0.3) is 0 Å². The molecule has 2 heterocycles. The summed E-state index contributed by atoms with van der Waals surface area (Å²) < 4.78 is 5.49. The second-order valence-corrected chi connectivity index (χ2v) is 6.80. The monoisotopic (exact) mass is 334 g/mol. The van der Waals surface area contributed by atoms with Gasteiger partial charge in [0, 0.05) is 43.0 Å². The molecule has 1 aliphatic heterocycles. The number of rotatable bonds is 6. The van der Waals surface area contributed by atoms with Crippen molar-refractivity contribution in [2.75, 3.05) is 27.2 Å². The van der Waals surface area contributed by atoms with Crippen molar-refractivity contribution in [3.8, 4) is 5.75 Å². The SMILES string of the molecule is COc1c(C)cnc(CN2CCC(N(C)[C@@H](C)C(N)=O)CC2)c1C. The Balaban J connectivity index is 1.95. The summed E-state index contributed by atoms with van der Waals surface area (Å²) in [4.78, 5) is 20.5. The number of hydrogen-bond acceptors (Lipinski definition) is 5. The summed E-state index contributed by atoms with van der Waals surface area (Å²) in [6.07, 6.45) is 3.96. The summed E-state index contributed by atoms with van der Waals surface area (Å²) in [5, 5.41) is 0. The number of amides is 1. The third-order valence-electron chi connectivity index (χ3n) is 5.28. The van der Waals surface area contributed by atoms with E-state index >= 15 is 0 Å². The van der Waals surface area contributed by atoms with Gasteiger partial charge in [-0.1, -0.05) is 0 Å². The van der Waals surface area contributed by atoms with Crippen LogP contribution in [-0.2, 0) is 11.3 Å². The standard InChI is InChI=1S/C18H30N4O2/c1-12-10-20-16(13(2)17(12)24-5)11-22-8-6-15(7-9-22)21(4)14(3)18(19)23/h10,14-15H,6-9,11H2,1-5H3,(H2,19,23)/t14-/m0/s1. The first kappa shape index (κ1) is 18.7. The lowest BCUT2D eigenvalue weighted by Gasteiger charge is -2.38. The Kier molecular flexibility index (Phi) is 6.18. The van der Waals surface area contributed by atoms with Crippen LogP contribution < -0.4 is 10.5 Å². The first-order valence-corrected chi connectivity index (χ1v) is 8.57. The minimum Gasteiger partial charge on any atom is -0.496 e. The number of likely N-dealkylation sites (N-methyl/N-ethyl adjacent to an activating group) is 1. The molecule has 1 amide bonds. The number of carbonyl (C=O) groups excluding carboxylic acids is 1. The molecule has 1 saturated heterocycles. The van der Waals surface area contributed by atoms with Gasteiger partial charge in [-0.05, 0) is 40.7 Å². The molecule has 6 heteroatoms. The fraction of sp³-hybridized carbons (Fsp3) is 0.667. The van der Waals surface area contributed by atoms with Gasteiger partial charge in [0.1, 0.15) is 5.75 Å². The third-order valence-corrected chi connectivity index (χ3v) is 5.28. The molecule has 0 bridgehead atoms. The van der Waals surface area contributed by atoms with Crippen LogP contribution in [0.3, 0.4) is 0 Å². The quantitative estimate of drug-likeness (QED) is 0.853. The third kappa shape index (κ3) is 4.05. The largest absolute Gasteiger partial charge is 0.496 e. The molecule has 134 valence electrons. The second kappa shape index (κ2) is 7.94. The number of nitrogens with zero attached hydrogens (tertiary/aromatic N) is 3. The van der Waals surface area contributed by atoms with Crippen molar-refractivity contribution in [2.24, 2.45) is 5.73 Å². The van der Waals surface area contributed by atoms with Crippen molar-refractivity contribution >= 4 is 5.91 Å². The van der Waals surface area contributed by atoms with E-state index in [9.17, 15) is 4.79 Å². The average Bonchev–Trinajstić information content (AvgIpc) is 2.57. The normalized spacial score (nSPS) is 17.9. The zero-order valence-electron chi connectivity index (χ0n) is 15.5. The predicted molar refractivity (Wildman–Crippen MR) is 95.0 cm³/mol. The van der Waals surface area contributed by atoms with Gasteiger partial charge >= 0.3 is 0 Å². The molecule has 1 atom stereocenters. The molecule has 0 unspecified atom stereocenters. The molecule has 0 saturated carbocycles. The summed E-state index contributed by atoms with van der Waals surface area (Å²) >= 11 is 0. The number of methoxy groups -OCH3 is 1. The van der Waals surface area contributed by atoms with Crippen molar-refractivity contribution in [1.82, 2.24) is 14.8 Å². The number of primary amides is 1. The Labute approximate surface area is 145 Å². The highest BCUT2D eigenvalue weighted by molar-refractivity contribution is 5.79. The zero-order chi connectivity index (χ0) is 17.9. The molecule has 24 heavy (non-hydrogen) atoms. The van der Waals surface area contributed by atoms with Gasteiger partial charge < -0.3 is 10.5 Å². The highest BCUT2D eigenvalue weighted by atomic mass is 16.5. The number of aromatic nitrogens is 1. The molecule has 1 fully saturated rings. The van der Waals surface area contributed by atoms with Crippen LogP contribution in [0, 0.1) is 13.8 Å². The number of aryl methyl sites for hydroxylation is 1. The fourth-order valence-corrected chi connectivity index (χ4v) is 3.44. The number of nitrogens with two attached hydrogens (primary N) is 1. The molecule has 6 nitrogen and oxygen atoms in total. The number of hydrogen-bond donors (Lipinski definition) is 1. The van der Waals surface area contributed by atoms with Crippen molar-refractivity contribution in [1.29, 1.82) is 0 Å². The molecule has 0 spiro atoms. The lowest BCUT2D eigenvalue weighted by Crippen LogP contribution is -2.50. The van der Waals surface area contributed by atoms with Gasteiger partial charge in [-0.25, -0.2) is 0 Å². The minimum atomic E-state index is -0.258. The Morgan fingerprint density at radius 1 is 1.46 bits per heavy atom. The maximum Gasteiger partial charge on any atom is 0.234 e. The van der Waals surface area contributed by atoms with Crippen LogP contribution in [0.1, 0.15) is 36.6 Å². The minimum absolute atomic E-state index is 0.216. The maximum absolute atomic E-state index is 11.4. The molecular weight excluding hydrogens is 304 g/mol. The molecule has 1 aliphatic rings. The molecule has 0 aliphatic carbocycles. The highest BCUT2D eigenvalue weighted by Crippen LogP contribution is 2.26. The first-order valence-electron chi connectivity index (χ1n) is 8.57. The molecule has 1 aromatic rings. The summed E-state index contributed by atoms with van der Waals surface area (Å²) in [6.45, 7) is 8.80. The highest BCUT2D eigenvalue weighted by Gasteiger charge is 2.27. The number of ether oxygens (including phenoxy) is 1. The van der Waals surface area contributed by atoms with Crippen LogP contribution >= 0.6 is 0 Å². The van der Waals surface area contributed by atoms with E-state index in [0.29, 0.717) is 6.04 Å². The summed E-state index contributed by atoms with van der Waals surface area (Å²) in [7, 11) is 3.70. The molecule has 2 N–H and O–H groups in total. The van der Waals surface area contributed by atoms with E-state index in [4.69, 9.17) is 10.5 Å². The van der Waals surface area contributed by atoms with E-state index in [1.54, 1.807) is 7.11 Å². The Morgan fingerprint density at radius 2 is 2.08 bits per heavy atom. The van der Waals surface area contributed by atoms with Crippen LogP contribution in [0.4, 0.5) is 0 Å². The molecule has 1 aromatic heterocycles. The Hall–Kier alpha value is -1.66. The number of likely N-dealkylation sites (tertiary alicyclic amines) is 1. The average molecular weight is 334 g/mol. The van der Waals surface area contributed by atoms with E-state index in [1.165, 1.54) is 0 Å². The lowest BCUT2D eigenvalue weighted by atomic mass is 10.0. The molecule has 0 radical (unpaired) electrons. The van der Waals surface area contributed by atoms with Crippen LogP contribution in [0.25, 0.3) is 0 Å². The van der Waals surface area contributed by atoms with Crippen LogP contribution in [0.2, 0.25) is 0 Å². The summed E-state index contributed by atoms with van der Waals surface area (Å²) in [6, 6.07) is 0.192. The van der Waals surface area contributed by atoms with Crippen molar-refractivity contribution in [3.63, 3.8) is 0 Å². The maximum atomic E-state index is 11.4. The van der Waals surface area contributed by atoms with E-state index in [-0.39, 0.29) is 11.9 Å². The van der Waals surface area contributed by atoms with Crippen LogP contribution in [0.5, 0.6) is 5.75 Å². The van der Waals surface area contributed by atoms with Gasteiger partial charge in [-0.3, -0.25) is 19.6 Å². The summed E-state index contributed by atoms with van der Waals surface area (Å²) in [5.41, 5.74) is 8.69. The van der Waals surface area contributed by atoms with Gasteiger partial charge in [-0.2, -0.15) is 0 Å². The van der Waals surface area contributed by atoms with Gasteiger partial charge in [-0.15, -0.1) is 0 Å². The van der Waals surface area contributed by atoms with Crippen molar-refractivity contribution < 1.29 is 9.53 Å². The van der Waals surface area contributed by atoms with Crippen LogP contribution in [0.15, 0.2) is 6.20 Å². The van der Waals surface area contributed by atoms with Crippen molar-refractivity contribution in [3.05, 3.63) is 23.0 Å². The van der Waals surface area contributed by atoms with E-state index in [2.05, 4.69) is 21.7 Å². The second-order valence-electron chi connectivity index (χ2n) is 6.80. The number of piperidine rings is 1. The molecular formula is C18H30N4O2. The molecule has 0 aromatic carbocycles. The fourth-order valence-electron chi connectivity index (χ4n) is 3.44. The summed E-state index contributed by atoms with van der Waals surface area (Å²) in [5.74, 6) is 0.677. The Bertz CT molecular complexity index is 583. The first-order chi connectivity index (χ1) is 11.3. The zero-order valence-corrected chi connectivity index (χ0v) is 15.5. The van der Waals surface area contributed by atoms with Gasteiger partial charge in [0.2, 0.25) is 5.91 Å². The van der Waals surface area contributed by atoms with Crippen molar-refractivity contribution in [2.45, 2.75) is 52.2 Å². The van der Waals surface area contributed by atoms with E-state index in [0.717, 1.165) is 55.0 Å². The lowest BCUT2D eigenvalue weighted by molar-refractivity contribution is -0.123. The van der Waals surface area contributed by atoms with E-state index in [1.807, 2.05) is 27.1 Å². The van der Waals surface area contributed by atoms with E-state index < -0.39 is 0 Å². The van der Waals surface area contributed by atoms with Crippen LogP contribution in [-0.4, -0.2) is 60.0 Å². The molecule has 2 rings (SSSR count). The smallest absolute Gasteiger partial charge is 0.234 e. The van der Waals surface area contributed by atoms with Gasteiger partial charge in [0.05, 0.1) is 18.8 Å².